The lowest BCUT2D eigenvalue weighted by Crippen LogP contribution is -1.95. The summed E-state index contributed by atoms with van der Waals surface area (Å²) in [5.74, 6) is 0.451. The predicted octanol–water partition coefficient (Wildman–Crippen LogP) is 7.06. The van der Waals surface area contributed by atoms with Gasteiger partial charge in [0.15, 0.2) is 9.84 Å². The van der Waals surface area contributed by atoms with Gasteiger partial charge < -0.3 is 5.11 Å². The number of sulfone groups is 1. The van der Waals surface area contributed by atoms with Crippen LogP contribution in [-0.2, 0) is 27.8 Å². The van der Waals surface area contributed by atoms with E-state index in [9.17, 15) is 8.42 Å². The van der Waals surface area contributed by atoms with Crippen LogP contribution in [0.1, 0.15) is 82.7 Å². The van der Waals surface area contributed by atoms with Gasteiger partial charge in [-0.25, -0.2) is 8.42 Å². The Hall–Kier alpha value is -1.65. The molecule has 1 aliphatic heterocycles. The summed E-state index contributed by atoms with van der Waals surface area (Å²) in [5, 5.41) is 7.00. The average molecular weight is 439 g/mol. The van der Waals surface area contributed by atoms with E-state index in [4.69, 9.17) is 5.11 Å². The normalized spacial score (nSPS) is 11.7. The molecule has 174 valence electrons. The van der Waals surface area contributed by atoms with Crippen LogP contribution in [0.15, 0.2) is 42.5 Å². The fraction of sp³-hybridized carbons (Fsp3) is 0.538. The van der Waals surface area contributed by atoms with E-state index in [1.54, 1.807) is 0 Å². The third kappa shape index (κ3) is 14.4. The van der Waals surface area contributed by atoms with E-state index in [1.165, 1.54) is 17.5 Å². The van der Waals surface area contributed by atoms with Crippen LogP contribution in [0.5, 0.6) is 0 Å². The Morgan fingerprint density at radius 1 is 0.800 bits per heavy atom. The molecule has 0 amide bonds. The molecule has 0 saturated heterocycles. The zero-order chi connectivity index (χ0) is 24.2. The van der Waals surface area contributed by atoms with Crippen LogP contribution in [0.2, 0.25) is 0 Å². The summed E-state index contributed by atoms with van der Waals surface area (Å²) in [5.41, 5.74) is 5.94. The van der Waals surface area contributed by atoms with E-state index in [0.717, 1.165) is 30.2 Å². The smallest absolute Gasteiger partial charge is 0.158 e. The molecule has 2 aromatic rings. The molecule has 4 heteroatoms. The fourth-order valence-electron chi connectivity index (χ4n) is 2.56. The topological polar surface area (TPSA) is 54.4 Å². The second-order valence-corrected chi connectivity index (χ2v) is 8.36. The summed E-state index contributed by atoms with van der Waals surface area (Å²) < 4.78 is 22.4. The SMILES string of the molecule is CC.CC.CCC.CCc1ccccc1C.CO.Cc1ccc2c(c1)CS(=O)(=O)C2. The first-order valence-corrected chi connectivity index (χ1v) is 12.9. The molecule has 0 aliphatic carbocycles. The number of aryl methyl sites for hydroxylation is 3. The maximum Gasteiger partial charge on any atom is 0.158 e. The van der Waals surface area contributed by atoms with Crippen LogP contribution < -0.4 is 0 Å². The van der Waals surface area contributed by atoms with Crippen LogP contribution in [0.3, 0.4) is 0 Å². The van der Waals surface area contributed by atoms with Crippen LogP contribution in [0, 0.1) is 13.8 Å². The van der Waals surface area contributed by atoms with E-state index in [2.05, 4.69) is 52.0 Å². The minimum atomic E-state index is -2.82. The Labute approximate surface area is 187 Å². The summed E-state index contributed by atoms with van der Waals surface area (Å²) >= 11 is 0. The van der Waals surface area contributed by atoms with Crippen LogP contribution in [0.25, 0.3) is 0 Å². The summed E-state index contributed by atoms with van der Waals surface area (Å²) in [4.78, 5) is 0. The maximum absolute atomic E-state index is 11.2. The second kappa shape index (κ2) is 20.6. The highest BCUT2D eigenvalue weighted by atomic mass is 32.2. The zero-order valence-electron chi connectivity index (χ0n) is 21.0. The van der Waals surface area contributed by atoms with Gasteiger partial charge in [-0.3, -0.25) is 0 Å². The number of rotatable bonds is 1. The number of hydrogen-bond donors (Lipinski definition) is 1. The monoisotopic (exact) mass is 438 g/mol. The van der Waals surface area contributed by atoms with E-state index in [-0.39, 0.29) is 11.5 Å². The first kappa shape index (κ1) is 33.0. The Morgan fingerprint density at radius 2 is 1.27 bits per heavy atom. The quantitative estimate of drug-likeness (QED) is 0.518. The Bertz CT molecular complexity index is 751. The molecular formula is C26H46O3S. The Balaban J connectivity index is -0.000000360. The highest BCUT2D eigenvalue weighted by Gasteiger charge is 2.23. The largest absolute Gasteiger partial charge is 0.400 e. The van der Waals surface area contributed by atoms with Gasteiger partial charge in [-0.15, -0.1) is 0 Å². The molecule has 3 rings (SSSR count). The molecule has 1 aliphatic rings. The standard InChI is InChI=1S/C9H10O2S.C9H12.C3H8.2C2H6.CH4O/c1-7-2-3-8-5-12(10,11)6-9(8)4-7;1-3-9-7-5-4-6-8(9)2;1-3-2;3*1-2/h2-4H,5-6H2,1H3;4-7H,3H2,1-2H3;3H2,1-2H3;2*1-2H3;2H,1H3. The molecule has 0 aromatic heterocycles. The van der Waals surface area contributed by atoms with Crippen molar-refractivity contribution in [2.45, 2.75) is 86.7 Å². The van der Waals surface area contributed by atoms with Crippen molar-refractivity contribution < 1.29 is 13.5 Å². The first-order chi connectivity index (χ1) is 14.3. The van der Waals surface area contributed by atoms with Gasteiger partial charge in [0.2, 0.25) is 0 Å². The third-order valence-corrected chi connectivity index (χ3v) is 5.26. The molecule has 0 unspecified atom stereocenters. The highest BCUT2D eigenvalue weighted by molar-refractivity contribution is 7.90. The van der Waals surface area contributed by atoms with Crippen molar-refractivity contribution in [1.82, 2.24) is 0 Å². The molecule has 0 saturated carbocycles. The van der Waals surface area contributed by atoms with Crippen LogP contribution in [-0.4, -0.2) is 20.6 Å². The van der Waals surface area contributed by atoms with Gasteiger partial charge in [0, 0.05) is 7.11 Å². The van der Waals surface area contributed by atoms with Crippen molar-refractivity contribution >= 4 is 9.84 Å². The molecule has 0 fully saturated rings. The van der Waals surface area contributed by atoms with Crippen molar-refractivity contribution in [3.63, 3.8) is 0 Å². The third-order valence-electron chi connectivity index (χ3n) is 3.75. The number of aliphatic hydroxyl groups is 1. The van der Waals surface area contributed by atoms with Crippen LogP contribution in [0.4, 0.5) is 0 Å². The number of aliphatic hydroxyl groups excluding tert-OH is 1. The average Bonchev–Trinajstić information content (AvgIpc) is 3.07. The predicted molar refractivity (Wildman–Crippen MR) is 135 cm³/mol. The summed E-state index contributed by atoms with van der Waals surface area (Å²) in [6.45, 7) is 18.6. The van der Waals surface area contributed by atoms with Gasteiger partial charge in [0.1, 0.15) is 0 Å². The molecule has 1 N–H and O–H groups in total. The molecule has 0 atom stereocenters. The van der Waals surface area contributed by atoms with Gasteiger partial charge in [0.05, 0.1) is 11.5 Å². The van der Waals surface area contributed by atoms with E-state index >= 15 is 0 Å². The van der Waals surface area contributed by atoms with Crippen molar-refractivity contribution in [2.75, 3.05) is 7.11 Å². The van der Waals surface area contributed by atoms with Crippen molar-refractivity contribution in [1.29, 1.82) is 0 Å². The first-order valence-electron chi connectivity index (χ1n) is 11.1. The molecule has 1 heterocycles. The number of hydrogen-bond acceptors (Lipinski definition) is 3. The molecule has 2 aromatic carbocycles. The van der Waals surface area contributed by atoms with Crippen LogP contribution >= 0.6 is 0 Å². The second-order valence-electron chi connectivity index (χ2n) is 6.29. The zero-order valence-corrected chi connectivity index (χ0v) is 21.9. The van der Waals surface area contributed by atoms with Crippen molar-refractivity contribution in [3.05, 3.63) is 70.3 Å². The summed E-state index contributed by atoms with van der Waals surface area (Å²) in [6.07, 6.45) is 2.40. The van der Waals surface area contributed by atoms with Crippen molar-refractivity contribution in [2.24, 2.45) is 0 Å². The van der Waals surface area contributed by atoms with Crippen molar-refractivity contribution in [3.8, 4) is 0 Å². The summed E-state index contributed by atoms with van der Waals surface area (Å²) in [6, 6.07) is 14.3. The minimum absolute atomic E-state index is 0.225. The van der Waals surface area contributed by atoms with E-state index in [1.807, 2.05) is 52.8 Å². The number of fused-ring (bicyclic) bond motifs is 1. The van der Waals surface area contributed by atoms with Gasteiger partial charge >= 0.3 is 0 Å². The van der Waals surface area contributed by atoms with Gasteiger partial charge in [-0.05, 0) is 42.5 Å². The lowest BCUT2D eigenvalue weighted by atomic mass is 10.1. The van der Waals surface area contributed by atoms with E-state index < -0.39 is 9.84 Å². The van der Waals surface area contributed by atoms with Gasteiger partial charge in [-0.2, -0.15) is 0 Å². The lowest BCUT2D eigenvalue weighted by molar-refractivity contribution is 0.399. The van der Waals surface area contributed by atoms with Gasteiger partial charge in [0.25, 0.3) is 0 Å². The molecule has 0 spiro atoms. The summed E-state index contributed by atoms with van der Waals surface area (Å²) in [7, 11) is -1.82. The molecule has 0 radical (unpaired) electrons. The Morgan fingerprint density at radius 3 is 1.70 bits per heavy atom. The molecule has 30 heavy (non-hydrogen) atoms. The fourth-order valence-corrected chi connectivity index (χ4v) is 4.16. The van der Waals surface area contributed by atoms with Gasteiger partial charge in [-0.1, -0.05) is 103 Å². The van der Waals surface area contributed by atoms with E-state index in [0.29, 0.717) is 0 Å². The number of benzene rings is 2. The molecule has 3 nitrogen and oxygen atoms in total. The Kier molecular flexibility index (Phi) is 22.7. The maximum atomic E-state index is 11.2. The molecule has 0 bridgehead atoms. The lowest BCUT2D eigenvalue weighted by Gasteiger charge is -1.98. The highest BCUT2D eigenvalue weighted by Crippen LogP contribution is 2.25. The minimum Gasteiger partial charge on any atom is -0.400 e. The molecular weight excluding hydrogens is 392 g/mol.